The quantitative estimate of drug-likeness (QED) is 0.671. The zero-order valence-electron chi connectivity index (χ0n) is 11.3. The molecule has 0 radical (unpaired) electrons. The van der Waals surface area contributed by atoms with Crippen LogP contribution in [0.1, 0.15) is 26.7 Å². The molecule has 19 heavy (non-hydrogen) atoms. The van der Waals surface area contributed by atoms with E-state index in [1.807, 2.05) is 0 Å². The monoisotopic (exact) mass is 271 g/mol. The molecule has 3 amide bonds. The van der Waals surface area contributed by atoms with Gasteiger partial charge in [-0.05, 0) is 12.8 Å². The van der Waals surface area contributed by atoms with E-state index >= 15 is 0 Å². The van der Waals surface area contributed by atoms with E-state index in [1.165, 1.54) is 6.92 Å². The molecule has 0 aliphatic carbocycles. The Morgan fingerprint density at radius 2 is 1.89 bits per heavy atom. The van der Waals surface area contributed by atoms with Gasteiger partial charge in [0.1, 0.15) is 0 Å². The summed E-state index contributed by atoms with van der Waals surface area (Å²) in [6.45, 7) is 4.29. The van der Waals surface area contributed by atoms with Crippen LogP contribution < -0.4 is 10.6 Å². The summed E-state index contributed by atoms with van der Waals surface area (Å²) in [6, 6.07) is -0.117. The molecule has 0 aromatic heterocycles. The van der Waals surface area contributed by atoms with Crippen LogP contribution in [-0.4, -0.2) is 53.6 Å². The van der Waals surface area contributed by atoms with Crippen LogP contribution in [0.2, 0.25) is 0 Å². The number of hydrogen-bond acceptors (Lipinski definition) is 3. The first-order chi connectivity index (χ1) is 8.90. The molecular formula is C12H21N3O4. The third kappa shape index (κ3) is 5.15. The minimum absolute atomic E-state index is 0.0572. The minimum Gasteiger partial charge on any atom is -0.481 e. The standard InChI is InChI=1S/C12H21N3O4/c1-8(11(17)18)7-13-12(19)15-5-3-10(4-6-15)14-9(2)16/h8,10H,3-7H2,1-2H3,(H,13,19)(H,14,16)(H,17,18). The number of carbonyl (C=O) groups is 3. The fourth-order valence-electron chi connectivity index (χ4n) is 1.95. The molecule has 7 nitrogen and oxygen atoms in total. The number of nitrogens with one attached hydrogen (secondary N) is 2. The predicted molar refractivity (Wildman–Crippen MR) is 68.6 cm³/mol. The molecule has 3 N–H and O–H groups in total. The second-order valence-corrected chi connectivity index (χ2v) is 4.89. The van der Waals surface area contributed by atoms with Crippen molar-refractivity contribution in [2.75, 3.05) is 19.6 Å². The fourth-order valence-corrected chi connectivity index (χ4v) is 1.95. The molecule has 1 atom stereocenters. The summed E-state index contributed by atoms with van der Waals surface area (Å²) in [5, 5.41) is 14.2. The summed E-state index contributed by atoms with van der Waals surface area (Å²) in [5.74, 6) is -1.58. The smallest absolute Gasteiger partial charge is 0.317 e. The lowest BCUT2D eigenvalue weighted by Gasteiger charge is -2.32. The number of urea groups is 1. The van der Waals surface area contributed by atoms with Gasteiger partial charge in [-0.1, -0.05) is 6.92 Å². The molecule has 0 spiro atoms. The van der Waals surface area contributed by atoms with Gasteiger partial charge in [0.15, 0.2) is 0 Å². The Morgan fingerprint density at radius 1 is 1.32 bits per heavy atom. The van der Waals surface area contributed by atoms with Gasteiger partial charge in [-0.15, -0.1) is 0 Å². The molecule has 0 bridgehead atoms. The number of aliphatic carboxylic acids is 1. The molecule has 1 rings (SSSR count). The van der Waals surface area contributed by atoms with Crippen LogP contribution in [0.25, 0.3) is 0 Å². The zero-order valence-corrected chi connectivity index (χ0v) is 11.3. The maximum Gasteiger partial charge on any atom is 0.317 e. The molecular weight excluding hydrogens is 250 g/mol. The molecule has 1 fully saturated rings. The molecule has 1 saturated heterocycles. The van der Waals surface area contributed by atoms with E-state index in [1.54, 1.807) is 11.8 Å². The highest BCUT2D eigenvalue weighted by molar-refractivity contribution is 5.76. The van der Waals surface area contributed by atoms with E-state index in [9.17, 15) is 14.4 Å². The molecule has 0 aromatic carbocycles. The highest BCUT2D eigenvalue weighted by atomic mass is 16.4. The van der Waals surface area contributed by atoms with Gasteiger partial charge in [-0.25, -0.2) is 4.79 Å². The van der Waals surface area contributed by atoms with Crippen molar-refractivity contribution >= 4 is 17.9 Å². The SMILES string of the molecule is CC(=O)NC1CCN(C(=O)NCC(C)C(=O)O)CC1. The maximum atomic E-state index is 11.8. The summed E-state index contributed by atoms with van der Waals surface area (Å²) in [6.07, 6.45) is 1.45. The summed E-state index contributed by atoms with van der Waals surface area (Å²) in [5.41, 5.74) is 0. The Morgan fingerprint density at radius 3 is 2.37 bits per heavy atom. The first-order valence-corrected chi connectivity index (χ1v) is 6.43. The van der Waals surface area contributed by atoms with Crippen LogP contribution in [0.15, 0.2) is 0 Å². The number of amides is 3. The van der Waals surface area contributed by atoms with E-state index < -0.39 is 11.9 Å². The van der Waals surface area contributed by atoms with Gasteiger partial charge in [0.2, 0.25) is 5.91 Å². The van der Waals surface area contributed by atoms with Crippen molar-refractivity contribution in [2.24, 2.45) is 5.92 Å². The van der Waals surface area contributed by atoms with Crippen LogP contribution in [0.4, 0.5) is 4.79 Å². The van der Waals surface area contributed by atoms with E-state index in [-0.39, 0.29) is 24.5 Å². The second kappa shape index (κ2) is 6.96. The number of likely N-dealkylation sites (tertiary alicyclic amines) is 1. The molecule has 1 heterocycles. The molecule has 1 aliphatic rings. The molecule has 1 aliphatic heterocycles. The van der Waals surface area contributed by atoms with Crippen molar-refractivity contribution in [3.8, 4) is 0 Å². The van der Waals surface area contributed by atoms with E-state index in [0.717, 1.165) is 12.8 Å². The molecule has 7 heteroatoms. The van der Waals surface area contributed by atoms with Gasteiger partial charge in [0.05, 0.1) is 5.92 Å². The molecule has 0 aromatic rings. The Balaban J connectivity index is 2.29. The highest BCUT2D eigenvalue weighted by Crippen LogP contribution is 2.10. The van der Waals surface area contributed by atoms with E-state index in [0.29, 0.717) is 13.1 Å². The Kier molecular flexibility index (Phi) is 5.59. The fraction of sp³-hybridized carbons (Fsp3) is 0.750. The van der Waals surface area contributed by atoms with Crippen molar-refractivity contribution in [1.82, 2.24) is 15.5 Å². The lowest BCUT2D eigenvalue weighted by molar-refractivity contribution is -0.140. The average molecular weight is 271 g/mol. The van der Waals surface area contributed by atoms with Gasteiger partial charge in [-0.3, -0.25) is 9.59 Å². The van der Waals surface area contributed by atoms with E-state index in [4.69, 9.17) is 5.11 Å². The summed E-state index contributed by atoms with van der Waals surface area (Å²) in [7, 11) is 0. The van der Waals surface area contributed by atoms with Gasteiger partial charge in [-0.2, -0.15) is 0 Å². The third-order valence-corrected chi connectivity index (χ3v) is 3.17. The topological polar surface area (TPSA) is 98.7 Å². The summed E-state index contributed by atoms with van der Waals surface area (Å²) < 4.78 is 0. The van der Waals surface area contributed by atoms with Crippen molar-refractivity contribution in [3.05, 3.63) is 0 Å². The van der Waals surface area contributed by atoms with Crippen molar-refractivity contribution < 1.29 is 19.5 Å². The van der Waals surface area contributed by atoms with Crippen LogP contribution >= 0.6 is 0 Å². The minimum atomic E-state index is -0.926. The molecule has 0 saturated carbocycles. The van der Waals surface area contributed by atoms with Gasteiger partial charge < -0.3 is 20.6 Å². The lowest BCUT2D eigenvalue weighted by atomic mass is 10.1. The van der Waals surface area contributed by atoms with Crippen molar-refractivity contribution in [1.29, 1.82) is 0 Å². The van der Waals surface area contributed by atoms with Gasteiger partial charge in [0.25, 0.3) is 0 Å². The Bertz CT molecular complexity index is 351. The van der Waals surface area contributed by atoms with Crippen LogP contribution in [0.3, 0.4) is 0 Å². The third-order valence-electron chi connectivity index (χ3n) is 3.17. The van der Waals surface area contributed by atoms with Crippen LogP contribution in [-0.2, 0) is 9.59 Å². The average Bonchev–Trinajstić information content (AvgIpc) is 2.35. The summed E-state index contributed by atoms with van der Waals surface area (Å²) >= 11 is 0. The number of carboxylic acids is 1. The van der Waals surface area contributed by atoms with Crippen molar-refractivity contribution in [3.63, 3.8) is 0 Å². The van der Waals surface area contributed by atoms with Crippen LogP contribution in [0, 0.1) is 5.92 Å². The Hall–Kier alpha value is -1.79. The molecule has 108 valence electrons. The normalized spacial score (nSPS) is 17.7. The molecule has 1 unspecified atom stereocenters. The van der Waals surface area contributed by atoms with Crippen LogP contribution in [0.5, 0.6) is 0 Å². The first-order valence-electron chi connectivity index (χ1n) is 6.43. The number of piperidine rings is 1. The number of carbonyl (C=O) groups excluding carboxylic acids is 2. The van der Waals surface area contributed by atoms with E-state index in [2.05, 4.69) is 10.6 Å². The van der Waals surface area contributed by atoms with Crippen molar-refractivity contribution in [2.45, 2.75) is 32.7 Å². The summed E-state index contributed by atoms with van der Waals surface area (Å²) in [4.78, 5) is 35.0. The lowest BCUT2D eigenvalue weighted by Crippen LogP contribution is -2.50. The predicted octanol–water partition coefficient (Wildman–Crippen LogP) is 0.0172. The first kappa shape index (κ1) is 15.3. The Labute approximate surface area is 112 Å². The van der Waals surface area contributed by atoms with Gasteiger partial charge >= 0.3 is 12.0 Å². The maximum absolute atomic E-state index is 11.8. The highest BCUT2D eigenvalue weighted by Gasteiger charge is 2.23. The number of nitrogens with zero attached hydrogens (tertiary/aromatic N) is 1. The second-order valence-electron chi connectivity index (χ2n) is 4.89. The number of rotatable bonds is 4. The van der Waals surface area contributed by atoms with Gasteiger partial charge in [0, 0.05) is 32.6 Å². The zero-order chi connectivity index (χ0) is 14.4. The number of carboxylic acid groups (broad SMARTS) is 1. The largest absolute Gasteiger partial charge is 0.481 e. The number of hydrogen-bond donors (Lipinski definition) is 3.